The monoisotopic (exact) mass is 219 g/mol. The second kappa shape index (κ2) is 4.66. The lowest BCUT2D eigenvalue weighted by Gasteiger charge is -2.30. The van der Waals surface area contributed by atoms with Crippen LogP contribution in [0.15, 0.2) is 23.2 Å². The predicted molar refractivity (Wildman–Crippen MR) is 64.3 cm³/mol. The van der Waals surface area contributed by atoms with E-state index in [1.54, 1.807) is 13.3 Å². The first-order valence-corrected chi connectivity index (χ1v) is 5.55. The SMILES string of the molecule is COC1CC(N=Cc2cccc(C)c2O)C1. The van der Waals surface area contributed by atoms with Crippen molar-refractivity contribution in [2.75, 3.05) is 7.11 Å². The maximum absolute atomic E-state index is 9.78. The van der Waals surface area contributed by atoms with Gasteiger partial charge in [0.15, 0.2) is 0 Å². The minimum Gasteiger partial charge on any atom is -0.507 e. The molecule has 2 rings (SSSR count). The lowest BCUT2D eigenvalue weighted by molar-refractivity contribution is 0.0286. The average Bonchev–Trinajstić information content (AvgIpc) is 2.22. The summed E-state index contributed by atoms with van der Waals surface area (Å²) in [5, 5.41) is 9.78. The fraction of sp³-hybridized carbons (Fsp3) is 0.462. The number of ether oxygens (including phenoxy) is 1. The number of hydrogen-bond acceptors (Lipinski definition) is 3. The van der Waals surface area contributed by atoms with Crippen molar-refractivity contribution in [3.8, 4) is 5.75 Å². The van der Waals surface area contributed by atoms with E-state index in [0.29, 0.717) is 17.9 Å². The summed E-state index contributed by atoms with van der Waals surface area (Å²) in [5.74, 6) is 0.328. The summed E-state index contributed by atoms with van der Waals surface area (Å²) in [7, 11) is 1.73. The molecule has 3 nitrogen and oxygen atoms in total. The molecule has 1 aromatic carbocycles. The zero-order valence-electron chi connectivity index (χ0n) is 9.68. The smallest absolute Gasteiger partial charge is 0.127 e. The van der Waals surface area contributed by atoms with Crippen molar-refractivity contribution < 1.29 is 9.84 Å². The van der Waals surface area contributed by atoms with Gasteiger partial charge in [0, 0.05) is 18.9 Å². The maximum Gasteiger partial charge on any atom is 0.127 e. The summed E-state index contributed by atoms with van der Waals surface area (Å²) in [4.78, 5) is 4.43. The predicted octanol–water partition coefficient (Wildman–Crippen LogP) is 2.30. The molecule has 16 heavy (non-hydrogen) atoms. The van der Waals surface area contributed by atoms with Gasteiger partial charge in [0.05, 0.1) is 12.1 Å². The number of hydrogen-bond donors (Lipinski definition) is 1. The van der Waals surface area contributed by atoms with Crippen LogP contribution in [0.5, 0.6) is 5.75 Å². The van der Waals surface area contributed by atoms with Gasteiger partial charge in [0.1, 0.15) is 5.75 Å². The van der Waals surface area contributed by atoms with E-state index in [1.807, 2.05) is 25.1 Å². The van der Waals surface area contributed by atoms with Crippen LogP contribution in [0.3, 0.4) is 0 Å². The van der Waals surface area contributed by atoms with Crippen LogP contribution in [0, 0.1) is 6.92 Å². The van der Waals surface area contributed by atoms with Crippen molar-refractivity contribution in [2.24, 2.45) is 4.99 Å². The van der Waals surface area contributed by atoms with E-state index in [4.69, 9.17) is 4.74 Å². The normalized spacial score (nSPS) is 24.6. The molecule has 1 fully saturated rings. The lowest BCUT2D eigenvalue weighted by Crippen LogP contribution is -2.33. The molecule has 1 aliphatic rings. The highest BCUT2D eigenvalue weighted by Gasteiger charge is 2.27. The van der Waals surface area contributed by atoms with Gasteiger partial charge < -0.3 is 9.84 Å². The molecule has 3 heteroatoms. The molecule has 0 aliphatic heterocycles. The average molecular weight is 219 g/mol. The number of benzene rings is 1. The molecule has 86 valence electrons. The molecule has 0 atom stereocenters. The van der Waals surface area contributed by atoms with Crippen molar-refractivity contribution >= 4 is 6.21 Å². The fourth-order valence-corrected chi connectivity index (χ4v) is 1.82. The number of methoxy groups -OCH3 is 1. The second-order valence-corrected chi connectivity index (χ2v) is 4.27. The standard InChI is InChI=1S/C13H17NO2/c1-9-4-3-5-10(13(9)15)8-14-11-6-12(7-11)16-2/h3-5,8,11-12,15H,6-7H2,1-2H3. The van der Waals surface area contributed by atoms with E-state index in [9.17, 15) is 5.11 Å². The van der Waals surface area contributed by atoms with Gasteiger partial charge in [0.2, 0.25) is 0 Å². The van der Waals surface area contributed by atoms with Gasteiger partial charge in [-0.25, -0.2) is 0 Å². The Morgan fingerprint density at radius 2 is 2.19 bits per heavy atom. The zero-order valence-corrected chi connectivity index (χ0v) is 9.68. The molecular weight excluding hydrogens is 202 g/mol. The molecule has 1 N–H and O–H groups in total. The molecule has 1 saturated carbocycles. The maximum atomic E-state index is 9.78. The van der Waals surface area contributed by atoms with Crippen LogP contribution in [0.2, 0.25) is 0 Å². The molecule has 0 aromatic heterocycles. The number of phenols is 1. The van der Waals surface area contributed by atoms with Gasteiger partial charge in [-0.15, -0.1) is 0 Å². The quantitative estimate of drug-likeness (QED) is 0.792. The van der Waals surface area contributed by atoms with Gasteiger partial charge >= 0.3 is 0 Å². The number of rotatable bonds is 3. The number of aromatic hydroxyl groups is 1. The first kappa shape index (κ1) is 11.1. The Labute approximate surface area is 95.8 Å². The first-order chi connectivity index (χ1) is 7.70. The summed E-state index contributed by atoms with van der Waals surface area (Å²) < 4.78 is 5.19. The van der Waals surface area contributed by atoms with E-state index in [0.717, 1.165) is 24.0 Å². The van der Waals surface area contributed by atoms with E-state index < -0.39 is 0 Å². The van der Waals surface area contributed by atoms with E-state index in [2.05, 4.69) is 4.99 Å². The lowest BCUT2D eigenvalue weighted by atomic mass is 9.90. The molecule has 0 radical (unpaired) electrons. The van der Waals surface area contributed by atoms with Crippen LogP contribution in [0.4, 0.5) is 0 Å². The van der Waals surface area contributed by atoms with Crippen molar-refractivity contribution in [3.63, 3.8) is 0 Å². The minimum atomic E-state index is 0.328. The molecule has 1 aliphatic carbocycles. The summed E-state index contributed by atoms with van der Waals surface area (Å²) in [6, 6.07) is 6.04. The summed E-state index contributed by atoms with van der Waals surface area (Å²) in [6.45, 7) is 1.89. The molecule has 0 spiro atoms. The van der Waals surface area contributed by atoms with Gasteiger partial charge in [-0.1, -0.05) is 12.1 Å². The van der Waals surface area contributed by atoms with Crippen LogP contribution < -0.4 is 0 Å². The number of aliphatic imine (C=N–C) groups is 1. The topological polar surface area (TPSA) is 41.8 Å². The second-order valence-electron chi connectivity index (χ2n) is 4.27. The third kappa shape index (κ3) is 2.25. The van der Waals surface area contributed by atoms with Gasteiger partial charge in [-0.05, 0) is 31.4 Å². The summed E-state index contributed by atoms with van der Waals surface area (Å²) in [6.07, 6.45) is 4.10. The Hall–Kier alpha value is -1.35. The third-order valence-corrected chi connectivity index (χ3v) is 3.10. The molecule has 0 unspecified atom stereocenters. The van der Waals surface area contributed by atoms with Crippen molar-refractivity contribution in [1.29, 1.82) is 0 Å². The van der Waals surface area contributed by atoms with E-state index >= 15 is 0 Å². The number of aryl methyl sites for hydroxylation is 1. The summed E-state index contributed by atoms with van der Waals surface area (Å²) >= 11 is 0. The Morgan fingerprint density at radius 3 is 2.88 bits per heavy atom. The molecule has 0 amide bonds. The van der Waals surface area contributed by atoms with Crippen LogP contribution in [-0.2, 0) is 4.74 Å². The van der Waals surface area contributed by atoms with Gasteiger partial charge in [-0.3, -0.25) is 4.99 Å². The summed E-state index contributed by atoms with van der Waals surface area (Å²) in [5.41, 5.74) is 1.67. The van der Waals surface area contributed by atoms with Gasteiger partial charge in [0.25, 0.3) is 0 Å². The van der Waals surface area contributed by atoms with Crippen LogP contribution in [0.1, 0.15) is 24.0 Å². The Bertz CT molecular complexity index is 395. The Morgan fingerprint density at radius 1 is 1.44 bits per heavy atom. The first-order valence-electron chi connectivity index (χ1n) is 5.55. The zero-order chi connectivity index (χ0) is 11.5. The molecule has 0 heterocycles. The van der Waals surface area contributed by atoms with E-state index in [1.165, 1.54) is 0 Å². The van der Waals surface area contributed by atoms with Crippen LogP contribution in [0.25, 0.3) is 0 Å². The third-order valence-electron chi connectivity index (χ3n) is 3.10. The van der Waals surface area contributed by atoms with Crippen LogP contribution >= 0.6 is 0 Å². The Kier molecular flexibility index (Phi) is 3.25. The molecule has 1 aromatic rings. The van der Waals surface area contributed by atoms with Crippen molar-refractivity contribution in [3.05, 3.63) is 29.3 Å². The largest absolute Gasteiger partial charge is 0.507 e. The highest BCUT2D eigenvalue weighted by Crippen LogP contribution is 2.26. The van der Waals surface area contributed by atoms with E-state index in [-0.39, 0.29) is 0 Å². The molecule has 0 saturated heterocycles. The Balaban J connectivity index is 1.99. The number of phenolic OH excluding ortho intramolecular Hbond substituents is 1. The molecule has 0 bridgehead atoms. The van der Waals surface area contributed by atoms with Crippen molar-refractivity contribution in [2.45, 2.75) is 31.9 Å². The van der Waals surface area contributed by atoms with Crippen LogP contribution in [-0.4, -0.2) is 30.6 Å². The van der Waals surface area contributed by atoms with Crippen molar-refractivity contribution in [1.82, 2.24) is 0 Å². The minimum absolute atomic E-state index is 0.328. The molecular formula is C13H17NO2. The van der Waals surface area contributed by atoms with Gasteiger partial charge in [-0.2, -0.15) is 0 Å². The fourth-order valence-electron chi connectivity index (χ4n) is 1.82. The highest BCUT2D eigenvalue weighted by atomic mass is 16.5. The highest BCUT2D eigenvalue weighted by molar-refractivity contribution is 5.84. The number of para-hydroxylation sites is 1. The number of nitrogens with zero attached hydrogens (tertiary/aromatic N) is 1.